The number of aromatic nitrogens is 1. The van der Waals surface area contributed by atoms with E-state index in [4.69, 9.17) is 0 Å². The standard InChI is InChI=1S/C14H14BrN3O2/c1-10(11-3-2-6-16-8-11)17-9-12-7-13(15)4-5-14(12)18(19)20/h2-8,10,17H,9H2,1H3. The monoisotopic (exact) mass is 335 g/mol. The third kappa shape index (κ3) is 3.61. The van der Waals surface area contributed by atoms with Crippen molar-refractivity contribution in [1.29, 1.82) is 0 Å². The number of nitro benzene ring substituents is 1. The SMILES string of the molecule is CC(NCc1cc(Br)ccc1[N+](=O)[O-])c1cccnc1. The second kappa shape index (κ2) is 6.58. The van der Waals surface area contributed by atoms with E-state index in [9.17, 15) is 10.1 Å². The normalized spacial score (nSPS) is 12.1. The number of hydrogen-bond acceptors (Lipinski definition) is 4. The summed E-state index contributed by atoms with van der Waals surface area (Å²) in [5.41, 5.74) is 1.82. The fourth-order valence-electron chi connectivity index (χ4n) is 1.89. The van der Waals surface area contributed by atoms with Gasteiger partial charge in [-0.1, -0.05) is 22.0 Å². The van der Waals surface area contributed by atoms with E-state index in [-0.39, 0.29) is 16.7 Å². The molecule has 2 rings (SSSR count). The average molecular weight is 336 g/mol. The smallest absolute Gasteiger partial charge is 0.273 e. The predicted octanol–water partition coefficient (Wildman–Crippen LogP) is 3.60. The van der Waals surface area contributed by atoms with Crippen LogP contribution in [0.3, 0.4) is 0 Å². The molecule has 1 aromatic carbocycles. The number of nitrogens with zero attached hydrogens (tertiary/aromatic N) is 2. The van der Waals surface area contributed by atoms with Crippen molar-refractivity contribution < 1.29 is 4.92 Å². The van der Waals surface area contributed by atoms with Crippen LogP contribution in [0.5, 0.6) is 0 Å². The van der Waals surface area contributed by atoms with Crippen LogP contribution in [0.25, 0.3) is 0 Å². The topological polar surface area (TPSA) is 68.1 Å². The lowest BCUT2D eigenvalue weighted by molar-refractivity contribution is -0.385. The van der Waals surface area contributed by atoms with E-state index >= 15 is 0 Å². The lowest BCUT2D eigenvalue weighted by atomic mass is 10.1. The Kier molecular flexibility index (Phi) is 4.81. The van der Waals surface area contributed by atoms with Gasteiger partial charge < -0.3 is 5.32 Å². The van der Waals surface area contributed by atoms with Gasteiger partial charge in [0.1, 0.15) is 0 Å². The van der Waals surface area contributed by atoms with E-state index in [1.165, 1.54) is 6.07 Å². The molecular formula is C14H14BrN3O2. The summed E-state index contributed by atoms with van der Waals surface area (Å²) in [4.78, 5) is 14.7. The number of hydrogen-bond donors (Lipinski definition) is 1. The van der Waals surface area contributed by atoms with Crippen LogP contribution in [0.2, 0.25) is 0 Å². The number of rotatable bonds is 5. The van der Waals surface area contributed by atoms with Crippen LogP contribution in [-0.2, 0) is 6.54 Å². The third-order valence-corrected chi connectivity index (χ3v) is 3.51. The summed E-state index contributed by atoms with van der Waals surface area (Å²) in [6, 6.07) is 8.86. The highest BCUT2D eigenvalue weighted by atomic mass is 79.9. The second-order valence-corrected chi connectivity index (χ2v) is 5.33. The predicted molar refractivity (Wildman–Crippen MR) is 80.3 cm³/mol. The Labute approximate surface area is 125 Å². The number of pyridine rings is 1. The van der Waals surface area contributed by atoms with Crippen LogP contribution in [0.15, 0.2) is 47.2 Å². The highest BCUT2D eigenvalue weighted by Gasteiger charge is 2.14. The minimum Gasteiger partial charge on any atom is -0.306 e. The highest BCUT2D eigenvalue weighted by molar-refractivity contribution is 9.10. The summed E-state index contributed by atoms with van der Waals surface area (Å²) >= 11 is 3.34. The summed E-state index contributed by atoms with van der Waals surface area (Å²) in [6.07, 6.45) is 3.50. The molecule has 1 N–H and O–H groups in total. The van der Waals surface area contributed by atoms with Crippen molar-refractivity contribution in [3.05, 3.63) is 68.4 Å². The molecule has 0 aliphatic heterocycles. The average Bonchev–Trinajstić information content (AvgIpc) is 2.45. The van der Waals surface area contributed by atoms with Gasteiger partial charge in [-0.15, -0.1) is 0 Å². The summed E-state index contributed by atoms with van der Waals surface area (Å²) in [5.74, 6) is 0. The third-order valence-electron chi connectivity index (χ3n) is 3.02. The molecule has 5 nitrogen and oxygen atoms in total. The summed E-state index contributed by atoms with van der Waals surface area (Å²) in [5, 5.41) is 14.3. The molecule has 0 aliphatic rings. The lowest BCUT2D eigenvalue weighted by Gasteiger charge is -2.14. The van der Waals surface area contributed by atoms with E-state index < -0.39 is 0 Å². The molecule has 0 radical (unpaired) electrons. The molecule has 0 saturated heterocycles. The molecule has 104 valence electrons. The number of halogens is 1. The van der Waals surface area contributed by atoms with Gasteiger partial charge in [0.2, 0.25) is 0 Å². The van der Waals surface area contributed by atoms with Crippen molar-refractivity contribution in [2.45, 2.75) is 19.5 Å². The molecule has 1 unspecified atom stereocenters. The molecule has 1 heterocycles. The fourth-order valence-corrected chi connectivity index (χ4v) is 2.30. The van der Waals surface area contributed by atoms with Gasteiger partial charge >= 0.3 is 0 Å². The van der Waals surface area contributed by atoms with Gasteiger partial charge in [-0.05, 0) is 30.7 Å². The number of nitrogens with one attached hydrogen (secondary N) is 1. The van der Waals surface area contributed by atoms with Crippen LogP contribution in [-0.4, -0.2) is 9.91 Å². The number of benzene rings is 1. The number of nitro groups is 1. The zero-order chi connectivity index (χ0) is 14.5. The maximum atomic E-state index is 11.0. The van der Waals surface area contributed by atoms with E-state index in [0.717, 1.165) is 10.0 Å². The molecule has 2 aromatic rings. The first kappa shape index (κ1) is 14.6. The van der Waals surface area contributed by atoms with Crippen LogP contribution in [0.1, 0.15) is 24.1 Å². The Morgan fingerprint density at radius 3 is 2.90 bits per heavy atom. The van der Waals surface area contributed by atoms with Crippen molar-refractivity contribution in [1.82, 2.24) is 10.3 Å². The molecule has 0 aliphatic carbocycles. The minimum atomic E-state index is -0.363. The summed E-state index contributed by atoms with van der Waals surface area (Å²) < 4.78 is 0.828. The van der Waals surface area contributed by atoms with E-state index in [1.807, 2.05) is 19.1 Å². The molecule has 1 aromatic heterocycles. The van der Waals surface area contributed by atoms with Gasteiger partial charge in [0.25, 0.3) is 5.69 Å². The van der Waals surface area contributed by atoms with Gasteiger partial charge in [-0.3, -0.25) is 15.1 Å². The van der Waals surface area contributed by atoms with Crippen LogP contribution in [0.4, 0.5) is 5.69 Å². The molecule has 0 spiro atoms. The zero-order valence-electron chi connectivity index (χ0n) is 10.9. The first-order valence-corrected chi connectivity index (χ1v) is 6.93. The Bertz CT molecular complexity index is 605. The van der Waals surface area contributed by atoms with Crippen molar-refractivity contribution in [2.75, 3.05) is 0 Å². The Morgan fingerprint density at radius 1 is 1.45 bits per heavy atom. The van der Waals surface area contributed by atoms with Crippen LogP contribution < -0.4 is 5.32 Å². The minimum absolute atomic E-state index is 0.0716. The molecule has 0 saturated carbocycles. The quantitative estimate of drug-likeness (QED) is 0.669. The second-order valence-electron chi connectivity index (χ2n) is 4.42. The van der Waals surface area contributed by atoms with Gasteiger partial charge in [0, 0.05) is 41.1 Å². The summed E-state index contributed by atoms with van der Waals surface area (Å²) in [6.45, 7) is 2.42. The molecule has 0 fully saturated rings. The Balaban J connectivity index is 2.11. The van der Waals surface area contributed by atoms with Crippen LogP contribution in [0, 0.1) is 10.1 Å². The van der Waals surface area contributed by atoms with Crippen molar-refractivity contribution in [3.63, 3.8) is 0 Å². The molecular weight excluding hydrogens is 322 g/mol. The molecule has 0 amide bonds. The van der Waals surface area contributed by atoms with Crippen molar-refractivity contribution >= 4 is 21.6 Å². The maximum Gasteiger partial charge on any atom is 0.273 e. The van der Waals surface area contributed by atoms with Crippen molar-refractivity contribution in [2.24, 2.45) is 0 Å². The first-order valence-electron chi connectivity index (χ1n) is 6.14. The molecule has 1 atom stereocenters. The fraction of sp³-hybridized carbons (Fsp3) is 0.214. The Hall–Kier alpha value is -1.79. The van der Waals surface area contributed by atoms with Gasteiger partial charge in [-0.2, -0.15) is 0 Å². The van der Waals surface area contributed by atoms with Crippen molar-refractivity contribution in [3.8, 4) is 0 Å². The first-order chi connectivity index (χ1) is 9.58. The lowest BCUT2D eigenvalue weighted by Crippen LogP contribution is -2.18. The molecule has 6 heteroatoms. The van der Waals surface area contributed by atoms with E-state index in [2.05, 4.69) is 26.2 Å². The molecule has 20 heavy (non-hydrogen) atoms. The van der Waals surface area contributed by atoms with Crippen LogP contribution >= 0.6 is 15.9 Å². The van der Waals surface area contributed by atoms with Gasteiger partial charge in [0.05, 0.1) is 4.92 Å². The van der Waals surface area contributed by atoms with E-state index in [0.29, 0.717) is 12.1 Å². The molecule has 0 bridgehead atoms. The van der Waals surface area contributed by atoms with Gasteiger partial charge in [-0.25, -0.2) is 0 Å². The Morgan fingerprint density at radius 2 is 2.25 bits per heavy atom. The van der Waals surface area contributed by atoms with Gasteiger partial charge in [0.15, 0.2) is 0 Å². The van der Waals surface area contributed by atoms with E-state index in [1.54, 1.807) is 24.5 Å². The highest BCUT2D eigenvalue weighted by Crippen LogP contribution is 2.23. The zero-order valence-corrected chi connectivity index (χ0v) is 12.5. The largest absolute Gasteiger partial charge is 0.306 e. The maximum absolute atomic E-state index is 11.0. The summed E-state index contributed by atoms with van der Waals surface area (Å²) in [7, 11) is 0.